The van der Waals surface area contributed by atoms with Crippen LogP contribution in [0.15, 0.2) is 49.2 Å². The van der Waals surface area contributed by atoms with Crippen LogP contribution in [-0.4, -0.2) is 26.2 Å². The smallest absolute Gasteiger partial charge is 0.113 e. The molecule has 0 saturated heterocycles. The first-order chi connectivity index (χ1) is 8.79. The van der Waals surface area contributed by atoms with Gasteiger partial charge in [0.1, 0.15) is 5.69 Å². The minimum absolute atomic E-state index is 0.409. The Kier molecular flexibility index (Phi) is 4.25. The minimum Gasteiger partial charge on any atom is -0.391 e. The second-order valence-electron chi connectivity index (χ2n) is 4.21. The molecule has 0 radical (unpaired) electrons. The summed E-state index contributed by atoms with van der Waals surface area (Å²) < 4.78 is 1.68. The van der Waals surface area contributed by atoms with Crippen molar-refractivity contribution in [3.63, 3.8) is 0 Å². The monoisotopic (exact) mass is 243 g/mol. The van der Waals surface area contributed by atoms with Crippen LogP contribution in [-0.2, 0) is 6.54 Å². The van der Waals surface area contributed by atoms with Gasteiger partial charge < -0.3 is 5.11 Å². The topological polar surface area (TPSA) is 50.9 Å². The Bertz CT molecular complexity index is 493. The molecule has 0 bridgehead atoms. The first-order valence-corrected chi connectivity index (χ1v) is 6.04. The summed E-state index contributed by atoms with van der Waals surface area (Å²) in [4.78, 5) is 0. The second kappa shape index (κ2) is 6.12. The summed E-state index contributed by atoms with van der Waals surface area (Å²) in [5.41, 5.74) is 1.86. The maximum atomic E-state index is 9.78. The van der Waals surface area contributed by atoms with Gasteiger partial charge in [0.25, 0.3) is 0 Å². The summed E-state index contributed by atoms with van der Waals surface area (Å²) in [5.74, 6) is 0. The lowest BCUT2D eigenvalue weighted by Crippen LogP contribution is -2.16. The Labute approximate surface area is 107 Å². The molecule has 0 aliphatic carbocycles. The Hall–Kier alpha value is -1.94. The molecule has 0 fully saturated rings. The number of allylic oxidation sites excluding steroid dienone is 1. The van der Waals surface area contributed by atoms with Crippen molar-refractivity contribution in [1.29, 1.82) is 0 Å². The van der Waals surface area contributed by atoms with Crippen LogP contribution in [0, 0.1) is 0 Å². The molecule has 4 nitrogen and oxygen atoms in total. The molecular weight excluding hydrogens is 226 g/mol. The second-order valence-corrected chi connectivity index (χ2v) is 4.21. The van der Waals surface area contributed by atoms with Gasteiger partial charge in [-0.25, -0.2) is 4.68 Å². The van der Waals surface area contributed by atoms with Crippen LogP contribution in [0.4, 0.5) is 0 Å². The van der Waals surface area contributed by atoms with Gasteiger partial charge in [-0.15, -0.1) is 11.7 Å². The number of aliphatic hydroxyl groups excluding tert-OH is 1. The van der Waals surface area contributed by atoms with E-state index < -0.39 is 6.10 Å². The average molecular weight is 243 g/mol. The van der Waals surface area contributed by atoms with E-state index in [1.165, 1.54) is 0 Å². The molecule has 2 aromatic rings. The number of nitrogens with zero attached hydrogens (tertiary/aromatic N) is 3. The molecule has 0 aliphatic rings. The van der Waals surface area contributed by atoms with Gasteiger partial charge in [-0.05, 0) is 12.8 Å². The van der Waals surface area contributed by atoms with E-state index in [-0.39, 0.29) is 0 Å². The number of hydrogen-bond donors (Lipinski definition) is 1. The summed E-state index contributed by atoms with van der Waals surface area (Å²) >= 11 is 0. The highest BCUT2D eigenvalue weighted by Gasteiger charge is 2.07. The fraction of sp³-hybridized carbons (Fsp3) is 0.286. The van der Waals surface area contributed by atoms with Gasteiger partial charge in [0.2, 0.25) is 0 Å². The zero-order valence-corrected chi connectivity index (χ0v) is 10.2. The van der Waals surface area contributed by atoms with Gasteiger partial charge in [0.15, 0.2) is 0 Å². The normalized spacial score (nSPS) is 12.3. The third-order valence-electron chi connectivity index (χ3n) is 2.71. The molecule has 0 spiro atoms. The van der Waals surface area contributed by atoms with Crippen molar-refractivity contribution in [3.8, 4) is 11.3 Å². The van der Waals surface area contributed by atoms with E-state index in [4.69, 9.17) is 0 Å². The van der Waals surface area contributed by atoms with E-state index in [2.05, 4.69) is 16.9 Å². The number of aliphatic hydroxyl groups is 1. The van der Waals surface area contributed by atoms with E-state index in [1.54, 1.807) is 10.8 Å². The maximum Gasteiger partial charge on any atom is 0.113 e. The highest BCUT2D eigenvalue weighted by atomic mass is 16.3. The van der Waals surface area contributed by atoms with Crippen LogP contribution in [0.3, 0.4) is 0 Å². The first-order valence-electron chi connectivity index (χ1n) is 6.04. The van der Waals surface area contributed by atoms with Crippen molar-refractivity contribution >= 4 is 0 Å². The van der Waals surface area contributed by atoms with E-state index >= 15 is 0 Å². The fourth-order valence-electron chi connectivity index (χ4n) is 1.75. The predicted molar refractivity (Wildman–Crippen MR) is 70.9 cm³/mol. The Balaban J connectivity index is 2.00. The standard InChI is InChI=1S/C14H17N3O/c1-2-3-9-13(18)10-17-11-14(15-16-17)12-7-5-4-6-8-12/h2,4-8,11,13,18H,1,3,9-10H2. The minimum atomic E-state index is -0.409. The van der Waals surface area contributed by atoms with Crippen LogP contribution < -0.4 is 0 Å². The third kappa shape index (κ3) is 3.28. The molecule has 0 saturated carbocycles. The molecule has 1 N–H and O–H groups in total. The van der Waals surface area contributed by atoms with E-state index in [0.717, 1.165) is 17.7 Å². The molecule has 2 rings (SSSR count). The summed E-state index contributed by atoms with van der Waals surface area (Å²) in [7, 11) is 0. The van der Waals surface area contributed by atoms with E-state index in [1.807, 2.05) is 36.5 Å². The van der Waals surface area contributed by atoms with Crippen LogP contribution in [0.25, 0.3) is 11.3 Å². The lowest BCUT2D eigenvalue weighted by atomic mass is 10.2. The molecule has 0 aliphatic heterocycles. The molecule has 1 aromatic carbocycles. The van der Waals surface area contributed by atoms with Crippen LogP contribution in [0.1, 0.15) is 12.8 Å². The van der Waals surface area contributed by atoms with Crippen LogP contribution in [0.5, 0.6) is 0 Å². The maximum absolute atomic E-state index is 9.78. The number of rotatable bonds is 6. The van der Waals surface area contributed by atoms with Gasteiger partial charge >= 0.3 is 0 Å². The van der Waals surface area contributed by atoms with Crippen molar-refractivity contribution in [3.05, 3.63) is 49.2 Å². The summed E-state index contributed by atoms with van der Waals surface area (Å²) in [6.07, 6.45) is 4.76. The molecule has 1 atom stereocenters. The lowest BCUT2D eigenvalue weighted by molar-refractivity contribution is 0.140. The zero-order valence-electron chi connectivity index (χ0n) is 10.2. The van der Waals surface area contributed by atoms with Gasteiger partial charge in [-0.1, -0.05) is 41.6 Å². The Morgan fingerprint density at radius 3 is 2.83 bits per heavy atom. The van der Waals surface area contributed by atoms with Gasteiger partial charge in [-0.3, -0.25) is 0 Å². The SMILES string of the molecule is C=CCCC(O)Cn1cc(-c2ccccc2)nn1. The van der Waals surface area contributed by atoms with Gasteiger partial charge in [0.05, 0.1) is 18.8 Å². The summed E-state index contributed by atoms with van der Waals surface area (Å²) in [5, 5.41) is 17.9. The van der Waals surface area contributed by atoms with Crippen molar-refractivity contribution in [1.82, 2.24) is 15.0 Å². The predicted octanol–water partition coefficient (Wildman–Crippen LogP) is 2.27. The number of hydrogen-bond acceptors (Lipinski definition) is 3. The quantitative estimate of drug-likeness (QED) is 0.792. The molecular formula is C14H17N3O. The first kappa shape index (κ1) is 12.5. The van der Waals surface area contributed by atoms with Gasteiger partial charge in [0, 0.05) is 5.56 Å². The Morgan fingerprint density at radius 2 is 2.11 bits per heavy atom. The largest absolute Gasteiger partial charge is 0.391 e. The molecule has 1 aromatic heterocycles. The summed E-state index contributed by atoms with van der Waals surface area (Å²) in [6.45, 7) is 4.10. The lowest BCUT2D eigenvalue weighted by Gasteiger charge is -2.07. The van der Waals surface area contributed by atoms with Crippen molar-refractivity contribution in [2.24, 2.45) is 0 Å². The highest BCUT2D eigenvalue weighted by Crippen LogP contribution is 2.15. The number of aromatic nitrogens is 3. The molecule has 94 valence electrons. The van der Waals surface area contributed by atoms with E-state index in [9.17, 15) is 5.11 Å². The van der Waals surface area contributed by atoms with Gasteiger partial charge in [-0.2, -0.15) is 0 Å². The van der Waals surface area contributed by atoms with Crippen LogP contribution >= 0.6 is 0 Å². The molecule has 18 heavy (non-hydrogen) atoms. The molecule has 4 heteroatoms. The molecule has 0 amide bonds. The Morgan fingerprint density at radius 1 is 1.33 bits per heavy atom. The molecule has 1 unspecified atom stereocenters. The van der Waals surface area contributed by atoms with Crippen molar-refractivity contribution in [2.45, 2.75) is 25.5 Å². The molecule has 1 heterocycles. The summed E-state index contributed by atoms with van der Waals surface area (Å²) in [6, 6.07) is 9.87. The average Bonchev–Trinajstić information content (AvgIpc) is 2.86. The third-order valence-corrected chi connectivity index (χ3v) is 2.71. The zero-order chi connectivity index (χ0) is 12.8. The van der Waals surface area contributed by atoms with E-state index in [0.29, 0.717) is 13.0 Å². The fourth-order valence-corrected chi connectivity index (χ4v) is 1.75. The number of benzene rings is 1. The van der Waals surface area contributed by atoms with Crippen molar-refractivity contribution < 1.29 is 5.11 Å². The van der Waals surface area contributed by atoms with Crippen LogP contribution in [0.2, 0.25) is 0 Å². The highest BCUT2D eigenvalue weighted by molar-refractivity contribution is 5.57. The van der Waals surface area contributed by atoms with Crippen molar-refractivity contribution in [2.75, 3.05) is 0 Å².